The van der Waals surface area contributed by atoms with Gasteiger partial charge in [-0.3, -0.25) is 9.78 Å². The minimum absolute atomic E-state index is 0.0802. The van der Waals surface area contributed by atoms with Gasteiger partial charge in [-0.2, -0.15) is 0 Å². The van der Waals surface area contributed by atoms with E-state index in [-0.39, 0.29) is 12.6 Å². The van der Waals surface area contributed by atoms with Crippen LogP contribution in [-0.2, 0) is 11.3 Å². The van der Waals surface area contributed by atoms with E-state index in [9.17, 15) is 9.59 Å². The first kappa shape index (κ1) is 13.4. The van der Waals surface area contributed by atoms with Gasteiger partial charge in [-0.05, 0) is 13.8 Å². The number of nitrogens with zero attached hydrogens (tertiary/aromatic N) is 1. The Hall–Kier alpha value is -1.63. The van der Waals surface area contributed by atoms with Crippen LogP contribution in [0.25, 0.3) is 0 Å². The molecular formula is C10H15N3O3S. The number of hydrogen-bond acceptors (Lipinski definition) is 4. The lowest BCUT2D eigenvalue weighted by Crippen LogP contribution is -2.43. The molecule has 7 heteroatoms. The zero-order valence-electron chi connectivity index (χ0n) is 9.69. The van der Waals surface area contributed by atoms with E-state index in [1.807, 2.05) is 0 Å². The van der Waals surface area contributed by atoms with Crippen molar-refractivity contribution in [3.05, 3.63) is 16.6 Å². The fourth-order valence-electron chi connectivity index (χ4n) is 0.936. The average molecular weight is 257 g/mol. The molecule has 3 N–H and O–H groups in total. The number of carboxylic acid groups (broad SMARTS) is 1. The van der Waals surface area contributed by atoms with Crippen LogP contribution >= 0.6 is 11.3 Å². The normalized spacial score (nSPS) is 10.9. The van der Waals surface area contributed by atoms with Gasteiger partial charge in [0.1, 0.15) is 0 Å². The molecule has 1 rings (SSSR count). The van der Waals surface area contributed by atoms with Crippen molar-refractivity contribution in [2.24, 2.45) is 5.41 Å². The molecule has 1 aromatic heterocycles. The van der Waals surface area contributed by atoms with Gasteiger partial charge < -0.3 is 15.7 Å². The number of aromatic nitrogens is 1. The Morgan fingerprint density at radius 3 is 2.71 bits per heavy atom. The number of amides is 2. The van der Waals surface area contributed by atoms with E-state index in [1.165, 1.54) is 11.3 Å². The van der Waals surface area contributed by atoms with Crippen molar-refractivity contribution in [1.82, 2.24) is 15.6 Å². The van der Waals surface area contributed by atoms with E-state index in [4.69, 9.17) is 5.11 Å². The van der Waals surface area contributed by atoms with Crippen LogP contribution in [0.5, 0.6) is 0 Å². The van der Waals surface area contributed by atoms with Gasteiger partial charge in [-0.25, -0.2) is 4.79 Å². The third-order valence-electron chi connectivity index (χ3n) is 2.18. The molecule has 0 aromatic carbocycles. The molecule has 1 heterocycles. The number of hydrogen-bond donors (Lipinski definition) is 3. The SMILES string of the molecule is CC(C)(CNC(=O)NCc1cncs1)C(=O)O. The van der Waals surface area contributed by atoms with Gasteiger partial charge in [0.25, 0.3) is 0 Å². The summed E-state index contributed by atoms with van der Waals surface area (Å²) in [6.45, 7) is 3.58. The lowest BCUT2D eigenvalue weighted by atomic mass is 9.94. The fraction of sp³-hybridized carbons (Fsp3) is 0.500. The predicted octanol–water partition coefficient (Wildman–Crippen LogP) is 1.05. The Balaban J connectivity index is 2.28. The minimum atomic E-state index is -0.970. The summed E-state index contributed by atoms with van der Waals surface area (Å²) in [5.41, 5.74) is 0.713. The van der Waals surface area contributed by atoms with E-state index in [0.717, 1.165) is 4.88 Å². The van der Waals surface area contributed by atoms with Gasteiger partial charge in [0, 0.05) is 17.6 Å². The topological polar surface area (TPSA) is 91.3 Å². The summed E-state index contributed by atoms with van der Waals surface area (Å²) in [4.78, 5) is 27.0. The van der Waals surface area contributed by atoms with E-state index in [1.54, 1.807) is 25.6 Å². The number of carbonyl (C=O) groups is 2. The third kappa shape index (κ3) is 4.39. The molecule has 94 valence electrons. The summed E-state index contributed by atoms with van der Waals surface area (Å²) in [6.07, 6.45) is 1.67. The number of nitrogens with one attached hydrogen (secondary N) is 2. The van der Waals surface area contributed by atoms with Gasteiger partial charge in [0.2, 0.25) is 0 Å². The Bertz CT molecular complexity index is 390. The molecule has 1 aromatic rings. The minimum Gasteiger partial charge on any atom is -0.481 e. The van der Waals surface area contributed by atoms with Crippen molar-refractivity contribution in [2.45, 2.75) is 20.4 Å². The number of aliphatic carboxylic acids is 1. The number of carboxylic acids is 1. The second-order valence-corrected chi connectivity index (χ2v) is 5.16. The van der Waals surface area contributed by atoms with Gasteiger partial charge >= 0.3 is 12.0 Å². The van der Waals surface area contributed by atoms with Gasteiger partial charge in [0.05, 0.1) is 17.5 Å². The average Bonchev–Trinajstić information content (AvgIpc) is 2.76. The highest BCUT2D eigenvalue weighted by atomic mass is 32.1. The Morgan fingerprint density at radius 1 is 1.47 bits per heavy atom. The number of urea groups is 1. The Morgan fingerprint density at radius 2 is 2.18 bits per heavy atom. The number of carbonyl (C=O) groups excluding carboxylic acids is 1. The summed E-state index contributed by atoms with van der Waals surface area (Å²) in [5.74, 6) is -0.944. The summed E-state index contributed by atoms with van der Waals surface area (Å²) in [5, 5.41) is 14.0. The fourth-order valence-corrected chi connectivity index (χ4v) is 1.47. The second-order valence-electron chi connectivity index (χ2n) is 4.19. The van der Waals surface area contributed by atoms with Crippen molar-refractivity contribution in [3.8, 4) is 0 Å². The van der Waals surface area contributed by atoms with Crippen molar-refractivity contribution >= 4 is 23.3 Å². The van der Waals surface area contributed by atoms with Gasteiger partial charge in [-0.1, -0.05) is 0 Å². The molecule has 0 aliphatic heterocycles. The first-order chi connectivity index (χ1) is 7.92. The maximum Gasteiger partial charge on any atom is 0.315 e. The van der Waals surface area contributed by atoms with Crippen LogP contribution < -0.4 is 10.6 Å². The summed E-state index contributed by atoms with van der Waals surface area (Å²) in [6, 6.07) is -0.382. The third-order valence-corrected chi connectivity index (χ3v) is 2.96. The van der Waals surface area contributed by atoms with E-state index in [0.29, 0.717) is 6.54 Å². The van der Waals surface area contributed by atoms with Crippen LogP contribution in [0.2, 0.25) is 0 Å². The Kier molecular flexibility index (Phi) is 4.45. The molecule has 6 nitrogen and oxygen atoms in total. The smallest absolute Gasteiger partial charge is 0.315 e. The van der Waals surface area contributed by atoms with Crippen molar-refractivity contribution in [3.63, 3.8) is 0 Å². The molecular weight excluding hydrogens is 242 g/mol. The highest BCUT2D eigenvalue weighted by Gasteiger charge is 2.27. The lowest BCUT2D eigenvalue weighted by Gasteiger charge is -2.19. The molecule has 17 heavy (non-hydrogen) atoms. The maximum atomic E-state index is 11.4. The second kappa shape index (κ2) is 5.62. The van der Waals surface area contributed by atoms with Crippen LogP contribution in [0.15, 0.2) is 11.7 Å². The van der Waals surface area contributed by atoms with Crippen LogP contribution in [0, 0.1) is 5.41 Å². The molecule has 2 amide bonds. The highest BCUT2D eigenvalue weighted by Crippen LogP contribution is 2.12. The largest absolute Gasteiger partial charge is 0.481 e. The molecule has 0 spiro atoms. The first-order valence-corrected chi connectivity index (χ1v) is 5.92. The van der Waals surface area contributed by atoms with Crippen LogP contribution in [-0.4, -0.2) is 28.6 Å². The standard InChI is InChI=1S/C10H15N3O3S/c1-10(2,8(14)15)5-13-9(16)12-4-7-3-11-6-17-7/h3,6H,4-5H2,1-2H3,(H,14,15)(H2,12,13,16). The maximum absolute atomic E-state index is 11.4. The molecule has 0 radical (unpaired) electrons. The Labute approximate surface area is 103 Å². The summed E-state index contributed by atoms with van der Waals surface area (Å²) >= 11 is 1.45. The quantitative estimate of drug-likeness (QED) is 0.735. The van der Waals surface area contributed by atoms with E-state index >= 15 is 0 Å². The molecule has 0 fully saturated rings. The predicted molar refractivity (Wildman–Crippen MR) is 63.8 cm³/mol. The zero-order valence-corrected chi connectivity index (χ0v) is 10.5. The molecule has 0 saturated carbocycles. The molecule has 0 unspecified atom stereocenters. The summed E-state index contributed by atoms with van der Waals surface area (Å²) < 4.78 is 0. The molecule has 0 atom stereocenters. The lowest BCUT2D eigenvalue weighted by molar-refractivity contribution is -0.146. The van der Waals surface area contributed by atoms with Crippen LogP contribution in [0.3, 0.4) is 0 Å². The van der Waals surface area contributed by atoms with Crippen LogP contribution in [0.1, 0.15) is 18.7 Å². The number of rotatable bonds is 5. The first-order valence-electron chi connectivity index (χ1n) is 5.04. The van der Waals surface area contributed by atoms with E-state index in [2.05, 4.69) is 15.6 Å². The van der Waals surface area contributed by atoms with Crippen molar-refractivity contribution in [2.75, 3.05) is 6.54 Å². The summed E-state index contributed by atoms with van der Waals surface area (Å²) in [7, 11) is 0. The van der Waals surface area contributed by atoms with Gasteiger partial charge in [0.15, 0.2) is 0 Å². The highest BCUT2D eigenvalue weighted by molar-refractivity contribution is 7.09. The zero-order chi connectivity index (χ0) is 12.9. The van der Waals surface area contributed by atoms with Gasteiger partial charge in [-0.15, -0.1) is 11.3 Å². The molecule has 0 aliphatic rings. The monoisotopic (exact) mass is 257 g/mol. The van der Waals surface area contributed by atoms with E-state index < -0.39 is 11.4 Å². The van der Waals surface area contributed by atoms with Crippen molar-refractivity contribution in [1.29, 1.82) is 0 Å². The molecule has 0 aliphatic carbocycles. The van der Waals surface area contributed by atoms with Crippen molar-refractivity contribution < 1.29 is 14.7 Å². The number of thiazole rings is 1. The molecule has 0 bridgehead atoms. The molecule has 0 saturated heterocycles. The van der Waals surface area contributed by atoms with Crippen LogP contribution in [0.4, 0.5) is 4.79 Å².